The van der Waals surface area contributed by atoms with Gasteiger partial charge in [-0.15, -0.1) is 0 Å². The molecular weight excluding hydrogens is 177 g/mol. The molecule has 0 spiro atoms. The third-order valence-corrected chi connectivity index (χ3v) is 0.850. The Hall–Kier alpha value is -0.210. The highest BCUT2D eigenvalue weighted by atomic mass is 19.4. The van der Waals surface area contributed by atoms with Crippen LogP contribution in [0, 0.1) is 10.8 Å². The lowest BCUT2D eigenvalue weighted by atomic mass is 9.96. The smallest absolute Gasteiger partial charge is 0.171 e. The van der Waals surface area contributed by atoms with Crippen LogP contribution >= 0.6 is 0 Å². The van der Waals surface area contributed by atoms with Crippen LogP contribution in [0.3, 0.4) is 0 Å². The van der Waals surface area contributed by atoms with E-state index in [2.05, 4.69) is 27.7 Å². The summed E-state index contributed by atoms with van der Waals surface area (Å²) < 4.78 is 34.7. The van der Waals surface area contributed by atoms with Crippen LogP contribution in [0.5, 0.6) is 0 Å². The van der Waals surface area contributed by atoms with Crippen molar-refractivity contribution in [1.29, 1.82) is 0 Å². The molecule has 0 aliphatic rings. The van der Waals surface area contributed by atoms with E-state index < -0.39 is 11.6 Å². The fraction of sp³-hybridized carbons (Fsp3) is 1.00. The first-order chi connectivity index (χ1) is 5.25. The normalized spacial score (nSPS) is 13.4. The van der Waals surface area contributed by atoms with Gasteiger partial charge < -0.3 is 0 Å². The van der Waals surface area contributed by atoms with E-state index in [1.807, 2.05) is 0 Å². The molecule has 13 heavy (non-hydrogen) atoms. The minimum Gasteiger partial charge on any atom is -0.171 e. The molecule has 0 radical (unpaired) electrons. The summed E-state index contributed by atoms with van der Waals surface area (Å²) in [5.74, 6) is 0. The standard InChI is InChI=1S/C5H9F3.C5H12/c1-4(2,3)5(6,7)8;1-5(2,3)4/h1-3H3;1-4H3. The zero-order valence-corrected chi connectivity index (χ0v) is 9.63. The first-order valence-corrected chi connectivity index (χ1v) is 4.32. The Kier molecular flexibility index (Phi) is 5.09. The van der Waals surface area contributed by atoms with Crippen molar-refractivity contribution in [1.82, 2.24) is 0 Å². The fourth-order valence-corrected chi connectivity index (χ4v) is 0. The summed E-state index contributed by atoms with van der Waals surface area (Å²) in [5.41, 5.74) is -1.06. The third-order valence-electron chi connectivity index (χ3n) is 0.850. The Morgan fingerprint density at radius 1 is 0.615 bits per heavy atom. The number of alkyl halides is 3. The highest BCUT2D eigenvalue weighted by Crippen LogP contribution is 2.36. The maximum absolute atomic E-state index is 11.6. The zero-order valence-electron chi connectivity index (χ0n) is 9.63. The lowest BCUT2D eigenvalue weighted by Gasteiger charge is -2.21. The summed E-state index contributed by atoms with van der Waals surface area (Å²) in [4.78, 5) is 0. The van der Waals surface area contributed by atoms with Gasteiger partial charge in [0.1, 0.15) is 0 Å². The summed E-state index contributed by atoms with van der Waals surface area (Å²) in [5, 5.41) is 0. The average molecular weight is 198 g/mol. The van der Waals surface area contributed by atoms with Gasteiger partial charge in [0, 0.05) is 0 Å². The Labute approximate surface area is 79.5 Å². The topological polar surface area (TPSA) is 0 Å². The molecule has 0 aromatic heterocycles. The second-order valence-corrected chi connectivity index (χ2v) is 5.75. The van der Waals surface area contributed by atoms with Gasteiger partial charge in [-0.25, -0.2) is 0 Å². The molecule has 0 N–H and O–H groups in total. The Bertz CT molecular complexity index is 114. The lowest BCUT2D eigenvalue weighted by Crippen LogP contribution is -2.28. The second kappa shape index (κ2) is 4.34. The molecule has 0 amide bonds. The van der Waals surface area contributed by atoms with E-state index in [1.165, 1.54) is 0 Å². The first-order valence-electron chi connectivity index (χ1n) is 4.32. The van der Waals surface area contributed by atoms with E-state index in [0.29, 0.717) is 5.41 Å². The molecule has 0 fully saturated rings. The molecule has 0 aromatic carbocycles. The van der Waals surface area contributed by atoms with E-state index in [4.69, 9.17) is 0 Å². The summed E-state index contributed by atoms with van der Waals surface area (Å²) in [6.07, 6.45) is -4.06. The predicted molar refractivity (Wildman–Crippen MR) is 50.6 cm³/mol. The second-order valence-electron chi connectivity index (χ2n) is 5.75. The fourth-order valence-electron chi connectivity index (χ4n) is 0. The van der Waals surface area contributed by atoms with E-state index in [-0.39, 0.29) is 0 Å². The molecule has 0 atom stereocenters. The van der Waals surface area contributed by atoms with Crippen LogP contribution in [0.1, 0.15) is 48.5 Å². The molecule has 0 rings (SSSR count). The molecule has 0 aliphatic carbocycles. The number of hydrogen-bond donors (Lipinski definition) is 0. The number of halogens is 3. The Balaban J connectivity index is 0. The molecular formula is C10H21F3. The summed E-state index contributed by atoms with van der Waals surface area (Å²) in [6.45, 7) is 12.2. The molecule has 0 unspecified atom stereocenters. The van der Waals surface area contributed by atoms with Gasteiger partial charge in [0.15, 0.2) is 0 Å². The number of hydrogen-bond acceptors (Lipinski definition) is 0. The highest BCUT2D eigenvalue weighted by molar-refractivity contribution is 4.70. The SMILES string of the molecule is CC(C)(C)C.CC(C)(C)C(F)(F)F. The van der Waals surface area contributed by atoms with Crippen molar-refractivity contribution in [2.75, 3.05) is 0 Å². The highest BCUT2D eigenvalue weighted by Gasteiger charge is 2.42. The van der Waals surface area contributed by atoms with Crippen molar-refractivity contribution in [2.45, 2.75) is 54.6 Å². The van der Waals surface area contributed by atoms with Crippen LogP contribution < -0.4 is 0 Å². The maximum atomic E-state index is 11.6. The van der Waals surface area contributed by atoms with Crippen LogP contribution in [0.2, 0.25) is 0 Å². The first kappa shape index (κ1) is 15.3. The predicted octanol–water partition coefficient (Wildman–Crippen LogP) is 4.65. The van der Waals surface area contributed by atoms with Gasteiger partial charge in [-0.1, -0.05) is 48.5 Å². The van der Waals surface area contributed by atoms with E-state index in [0.717, 1.165) is 20.8 Å². The van der Waals surface area contributed by atoms with Crippen molar-refractivity contribution in [3.8, 4) is 0 Å². The van der Waals surface area contributed by atoms with Crippen LogP contribution in [0.25, 0.3) is 0 Å². The monoisotopic (exact) mass is 198 g/mol. The van der Waals surface area contributed by atoms with E-state index >= 15 is 0 Å². The van der Waals surface area contributed by atoms with Gasteiger partial charge in [-0.2, -0.15) is 13.2 Å². The lowest BCUT2D eigenvalue weighted by molar-refractivity contribution is -0.204. The van der Waals surface area contributed by atoms with E-state index in [9.17, 15) is 13.2 Å². The van der Waals surface area contributed by atoms with Crippen LogP contribution in [0.4, 0.5) is 13.2 Å². The number of rotatable bonds is 0. The summed E-state index contributed by atoms with van der Waals surface area (Å²) in [7, 11) is 0. The van der Waals surface area contributed by atoms with E-state index in [1.54, 1.807) is 0 Å². The molecule has 0 heterocycles. The van der Waals surface area contributed by atoms with Crippen molar-refractivity contribution in [2.24, 2.45) is 10.8 Å². The van der Waals surface area contributed by atoms with Gasteiger partial charge in [0.2, 0.25) is 0 Å². The maximum Gasteiger partial charge on any atom is 0.393 e. The molecule has 82 valence electrons. The summed E-state index contributed by atoms with van der Waals surface area (Å²) in [6, 6.07) is 0. The molecule has 0 saturated carbocycles. The van der Waals surface area contributed by atoms with Gasteiger partial charge in [0.25, 0.3) is 0 Å². The Morgan fingerprint density at radius 3 is 0.692 bits per heavy atom. The van der Waals surface area contributed by atoms with Gasteiger partial charge in [0.05, 0.1) is 5.41 Å². The quantitative estimate of drug-likeness (QED) is 0.531. The molecule has 0 aromatic rings. The third kappa shape index (κ3) is 14.6. The molecule has 0 saturated heterocycles. The van der Waals surface area contributed by atoms with Crippen LogP contribution in [0.15, 0.2) is 0 Å². The molecule has 0 bridgehead atoms. The minimum atomic E-state index is -4.06. The Morgan fingerprint density at radius 2 is 0.692 bits per heavy atom. The van der Waals surface area contributed by atoms with Crippen molar-refractivity contribution >= 4 is 0 Å². The van der Waals surface area contributed by atoms with Crippen molar-refractivity contribution < 1.29 is 13.2 Å². The van der Waals surface area contributed by atoms with Gasteiger partial charge in [-0.3, -0.25) is 0 Å². The van der Waals surface area contributed by atoms with Gasteiger partial charge in [-0.05, 0) is 5.41 Å². The van der Waals surface area contributed by atoms with Crippen molar-refractivity contribution in [3.63, 3.8) is 0 Å². The molecule has 3 heteroatoms. The van der Waals surface area contributed by atoms with Crippen LogP contribution in [-0.2, 0) is 0 Å². The average Bonchev–Trinajstić information content (AvgIpc) is 1.50. The molecule has 0 aliphatic heterocycles. The zero-order chi connectivity index (χ0) is 11.5. The van der Waals surface area contributed by atoms with Crippen LogP contribution in [-0.4, -0.2) is 6.18 Å². The van der Waals surface area contributed by atoms with Gasteiger partial charge >= 0.3 is 6.18 Å². The van der Waals surface area contributed by atoms with Crippen molar-refractivity contribution in [3.05, 3.63) is 0 Å². The summed E-state index contributed by atoms with van der Waals surface area (Å²) >= 11 is 0. The molecule has 0 nitrogen and oxygen atoms in total. The largest absolute Gasteiger partial charge is 0.393 e. The minimum absolute atomic E-state index is 0.500.